The van der Waals surface area contributed by atoms with E-state index in [1.54, 1.807) is 6.92 Å². The van der Waals surface area contributed by atoms with Crippen molar-refractivity contribution in [1.82, 2.24) is 5.32 Å². The van der Waals surface area contributed by atoms with E-state index in [4.69, 9.17) is 5.11 Å². The summed E-state index contributed by atoms with van der Waals surface area (Å²) >= 11 is 0. The van der Waals surface area contributed by atoms with Gasteiger partial charge in [0.2, 0.25) is 5.91 Å². The van der Waals surface area contributed by atoms with Crippen LogP contribution in [-0.4, -0.2) is 23.0 Å². The molecule has 1 fully saturated rings. The summed E-state index contributed by atoms with van der Waals surface area (Å²) in [5, 5.41) is 11.3. The first kappa shape index (κ1) is 12.0. The molecule has 15 heavy (non-hydrogen) atoms. The highest BCUT2D eigenvalue weighted by atomic mass is 16.4. The fourth-order valence-corrected chi connectivity index (χ4v) is 1.93. The van der Waals surface area contributed by atoms with Crippen molar-refractivity contribution < 1.29 is 14.7 Å². The quantitative estimate of drug-likeness (QED) is 0.728. The zero-order valence-electron chi connectivity index (χ0n) is 9.38. The Morgan fingerprint density at radius 1 is 1.47 bits per heavy atom. The maximum absolute atomic E-state index is 11.6. The molecule has 1 aliphatic rings. The van der Waals surface area contributed by atoms with Crippen molar-refractivity contribution in [3.05, 3.63) is 0 Å². The summed E-state index contributed by atoms with van der Waals surface area (Å²) in [7, 11) is 0. The predicted octanol–water partition coefficient (Wildman–Crippen LogP) is 1.55. The van der Waals surface area contributed by atoms with Crippen molar-refractivity contribution >= 4 is 11.9 Å². The molecular weight excluding hydrogens is 194 g/mol. The number of rotatable bonds is 5. The molecule has 0 aromatic heterocycles. The van der Waals surface area contributed by atoms with Gasteiger partial charge in [0, 0.05) is 6.42 Å². The lowest BCUT2D eigenvalue weighted by molar-refractivity contribution is -0.142. The molecule has 0 aromatic rings. The summed E-state index contributed by atoms with van der Waals surface area (Å²) in [6, 6.07) is -0.735. The minimum atomic E-state index is -0.954. The second-order valence-electron chi connectivity index (χ2n) is 4.71. The van der Waals surface area contributed by atoms with Gasteiger partial charge in [0.05, 0.1) is 0 Å². The zero-order chi connectivity index (χ0) is 11.5. The fourth-order valence-electron chi connectivity index (χ4n) is 1.93. The van der Waals surface area contributed by atoms with E-state index in [1.165, 1.54) is 6.42 Å². The number of carbonyl (C=O) groups is 2. The first-order chi connectivity index (χ1) is 6.97. The molecule has 4 heteroatoms. The van der Waals surface area contributed by atoms with Crippen LogP contribution in [0.15, 0.2) is 0 Å². The molecule has 1 unspecified atom stereocenters. The van der Waals surface area contributed by atoms with Crippen molar-refractivity contribution in [2.45, 2.75) is 52.0 Å². The molecule has 0 saturated heterocycles. The molecular formula is C11H19NO3. The number of hydrogen-bond acceptors (Lipinski definition) is 2. The van der Waals surface area contributed by atoms with Gasteiger partial charge in [0.25, 0.3) is 0 Å². The van der Waals surface area contributed by atoms with E-state index in [1.807, 2.05) is 0 Å². The number of aliphatic carboxylic acids is 1. The van der Waals surface area contributed by atoms with E-state index in [-0.39, 0.29) is 11.3 Å². The molecule has 0 aliphatic heterocycles. The van der Waals surface area contributed by atoms with E-state index in [9.17, 15) is 9.59 Å². The Labute approximate surface area is 90.0 Å². The van der Waals surface area contributed by atoms with Gasteiger partial charge in [-0.2, -0.15) is 0 Å². The number of hydrogen-bond donors (Lipinski definition) is 2. The highest BCUT2D eigenvalue weighted by Gasteiger charge is 2.34. The molecule has 0 aromatic carbocycles. The van der Waals surface area contributed by atoms with Gasteiger partial charge in [-0.05, 0) is 24.7 Å². The second kappa shape index (κ2) is 4.64. The van der Waals surface area contributed by atoms with Gasteiger partial charge in [-0.1, -0.05) is 20.3 Å². The lowest BCUT2D eigenvalue weighted by Crippen LogP contribution is -2.43. The molecule has 0 radical (unpaired) electrons. The number of carboxylic acid groups (broad SMARTS) is 1. The van der Waals surface area contributed by atoms with Crippen molar-refractivity contribution in [3.8, 4) is 0 Å². The Hall–Kier alpha value is -1.06. The number of nitrogens with one attached hydrogen (secondary N) is 1. The van der Waals surface area contributed by atoms with E-state index in [0.29, 0.717) is 12.8 Å². The molecule has 1 atom stereocenters. The summed E-state index contributed by atoms with van der Waals surface area (Å²) in [4.78, 5) is 22.3. The maximum Gasteiger partial charge on any atom is 0.326 e. The van der Waals surface area contributed by atoms with E-state index < -0.39 is 12.0 Å². The third-order valence-electron chi connectivity index (χ3n) is 3.19. The summed E-state index contributed by atoms with van der Waals surface area (Å²) in [5.74, 6) is -1.09. The van der Waals surface area contributed by atoms with Gasteiger partial charge in [-0.3, -0.25) is 4.79 Å². The molecule has 4 nitrogen and oxygen atoms in total. The van der Waals surface area contributed by atoms with Crippen LogP contribution >= 0.6 is 0 Å². The molecule has 1 rings (SSSR count). The summed E-state index contributed by atoms with van der Waals surface area (Å²) in [6.07, 6.45) is 4.21. The van der Waals surface area contributed by atoms with Crippen LogP contribution in [0.2, 0.25) is 0 Å². The minimum absolute atomic E-state index is 0.112. The van der Waals surface area contributed by atoms with E-state index >= 15 is 0 Å². The van der Waals surface area contributed by atoms with Crippen molar-refractivity contribution in [3.63, 3.8) is 0 Å². The van der Waals surface area contributed by atoms with Crippen LogP contribution in [0, 0.1) is 5.41 Å². The molecule has 0 spiro atoms. The lowest BCUT2D eigenvalue weighted by atomic mass is 9.68. The van der Waals surface area contributed by atoms with Gasteiger partial charge >= 0.3 is 5.97 Å². The van der Waals surface area contributed by atoms with Crippen LogP contribution in [0.4, 0.5) is 0 Å². The Morgan fingerprint density at radius 2 is 2.07 bits per heavy atom. The third-order valence-corrected chi connectivity index (χ3v) is 3.19. The lowest BCUT2D eigenvalue weighted by Gasteiger charge is -2.37. The summed E-state index contributed by atoms with van der Waals surface area (Å²) in [6.45, 7) is 3.84. The molecule has 1 amide bonds. The predicted molar refractivity (Wildman–Crippen MR) is 56.4 cm³/mol. The molecule has 1 saturated carbocycles. The Balaban J connectivity index is 2.37. The molecule has 0 bridgehead atoms. The fraction of sp³-hybridized carbons (Fsp3) is 0.818. The highest BCUT2D eigenvalue weighted by Crippen LogP contribution is 2.43. The van der Waals surface area contributed by atoms with Gasteiger partial charge in [0.1, 0.15) is 6.04 Å². The van der Waals surface area contributed by atoms with Crippen LogP contribution in [0.3, 0.4) is 0 Å². The molecule has 86 valence electrons. The SMILES string of the molecule is CCC(NC(=O)CC1(C)CCC1)C(=O)O. The van der Waals surface area contributed by atoms with Crippen molar-refractivity contribution in [2.75, 3.05) is 0 Å². The monoisotopic (exact) mass is 213 g/mol. The Morgan fingerprint density at radius 3 is 2.40 bits per heavy atom. The van der Waals surface area contributed by atoms with Crippen LogP contribution in [0.1, 0.15) is 46.0 Å². The Kier molecular flexibility index (Phi) is 3.72. The number of carboxylic acids is 1. The van der Waals surface area contributed by atoms with Gasteiger partial charge in [-0.25, -0.2) is 4.79 Å². The summed E-state index contributed by atoms with van der Waals surface area (Å²) in [5.41, 5.74) is 0.112. The zero-order valence-corrected chi connectivity index (χ0v) is 9.38. The first-order valence-corrected chi connectivity index (χ1v) is 5.49. The average Bonchev–Trinajstić information content (AvgIpc) is 2.11. The van der Waals surface area contributed by atoms with Gasteiger partial charge < -0.3 is 10.4 Å². The maximum atomic E-state index is 11.6. The normalized spacial score (nSPS) is 20.1. The second-order valence-corrected chi connectivity index (χ2v) is 4.71. The van der Waals surface area contributed by atoms with Crippen LogP contribution in [-0.2, 0) is 9.59 Å². The Bertz CT molecular complexity index is 259. The van der Waals surface area contributed by atoms with Crippen molar-refractivity contribution in [1.29, 1.82) is 0 Å². The van der Waals surface area contributed by atoms with Gasteiger partial charge in [-0.15, -0.1) is 0 Å². The highest BCUT2D eigenvalue weighted by molar-refractivity contribution is 5.83. The molecule has 0 heterocycles. The van der Waals surface area contributed by atoms with E-state index in [2.05, 4.69) is 12.2 Å². The molecule has 1 aliphatic carbocycles. The standard InChI is InChI=1S/C11H19NO3/c1-3-8(10(14)15)12-9(13)7-11(2)5-4-6-11/h8H,3-7H2,1-2H3,(H,12,13)(H,14,15). The largest absolute Gasteiger partial charge is 0.480 e. The smallest absolute Gasteiger partial charge is 0.326 e. The van der Waals surface area contributed by atoms with Crippen molar-refractivity contribution in [2.24, 2.45) is 5.41 Å². The van der Waals surface area contributed by atoms with Crippen LogP contribution < -0.4 is 5.32 Å². The minimum Gasteiger partial charge on any atom is -0.480 e. The molecule has 2 N–H and O–H groups in total. The average molecular weight is 213 g/mol. The third kappa shape index (κ3) is 3.22. The van der Waals surface area contributed by atoms with E-state index in [0.717, 1.165) is 12.8 Å². The topological polar surface area (TPSA) is 66.4 Å². The van der Waals surface area contributed by atoms with Crippen LogP contribution in [0.5, 0.6) is 0 Å². The first-order valence-electron chi connectivity index (χ1n) is 5.49. The van der Waals surface area contributed by atoms with Gasteiger partial charge in [0.15, 0.2) is 0 Å². The van der Waals surface area contributed by atoms with Crippen LogP contribution in [0.25, 0.3) is 0 Å². The summed E-state index contributed by atoms with van der Waals surface area (Å²) < 4.78 is 0. The number of amides is 1. The number of carbonyl (C=O) groups excluding carboxylic acids is 1.